The van der Waals surface area contributed by atoms with Gasteiger partial charge in [-0.15, -0.1) is 0 Å². The molecule has 0 spiro atoms. The van der Waals surface area contributed by atoms with Crippen LogP contribution >= 0.6 is 0 Å². The SMILES string of the molecule is O=S(=O)(O)c1cccc(Nc2nc(Nc3ccc(C=Cc4ccccc4S(=O)(=O)O)c(S(=O)(=O)O)c3)nc(N(CCO)CCO)n2)c1. The average molecular weight is 709 g/mol. The van der Waals surface area contributed by atoms with Crippen molar-refractivity contribution in [1.82, 2.24) is 15.0 Å². The van der Waals surface area contributed by atoms with Gasteiger partial charge in [-0.3, -0.25) is 13.7 Å². The Morgan fingerprint density at radius 1 is 0.617 bits per heavy atom. The van der Waals surface area contributed by atoms with Gasteiger partial charge in [0.15, 0.2) is 0 Å². The highest BCUT2D eigenvalue weighted by Gasteiger charge is 2.19. The smallest absolute Gasteiger partial charge is 0.295 e. The van der Waals surface area contributed by atoms with Gasteiger partial charge < -0.3 is 25.7 Å². The maximum Gasteiger partial charge on any atom is 0.295 e. The molecule has 0 aliphatic heterocycles. The van der Waals surface area contributed by atoms with Crippen molar-refractivity contribution in [2.24, 2.45) is 0 Å². The second-order valence-corrected chi connectivity index (χ2v) is 13.7. The van der Waals surface area contributed by atoms with Gasteiger partial charge in [-0.2, -0.15) is 40.2 Å². The molecule has 0 amide bonds. The molecule has 0 saturated heterocycles. The first-order chi connectivity index (χ1) is 22.1. The van der Waals surface area contributed by atoms with Gasteiger partial charge in [0.1, 0.15) is 9.79 Å². The standard InChI is InChI=1S/C27H28N6O11S3/c34-14-12-33(13-15-35)27-31-25(28-20-5-3-6-22(16-20)45(36,37)38)30-26(32-27)29-21-11-10-19(24(17-21)47(42,43)44)9-8-18-4-1-2-7-23(18)46(39,40)41/h1-11,16-17,34-35H,12-15H2,(H,36,37,38)(H,39,40,41)(H,42,43,44)(H2,28,29,30,31,32). The predicted molar refractivity (Wildman–Crippen MR) is 170 cm³/mol. The summed E-state index contributed by atoms with van der Waals surface area (Å²) < 4.78 is 100. The van der Waals surface area contributed by atoms with Crippen molar-refractivity contribution in [2.45, 2.75) is 14.7 Å². The Hall–Kier alpha value is -4.54. The van der Waals surface area contributed by atoms with Crippen LogP contribution in [0.4, 0.5) is 29.2 Å². The molecule has 0 aliphatic carbocycles. The molecule has 0 atom stereocenters. The minimum absolute atomic E-state index is 0.00363. The maximum absolute atomic E-state index is 12.3. The highest BCUT2D eigenvalue weighted by Crippen LogP contribution is 2.27. The molecular weight excluding hydrogens is 681 g/mol. The molecule has 17 nitrogen and oxygen atoms in total. The van der Waals surface area contributed by atoms with Crippen LogP contribution in [0.3, 0.4) is 0 Å². The van der Waals surface area contributed by atoms with Crippen molar-refractivity contribution >= 4 is 71.7 Å². The fraction of sp³-hybridized carbons (Fsp3) is 0.148. The van der Waals surface area contributed by atoms with Crippen molar-refractivity contribution in [1.29, 1.82) is 0 Å². The number of aliphatic hydroxyl groups is 2. The topological polar surface area (TPSA) is 270 Å². The number of hydrogen-bond acceptors (Lipinski definition) is 14. The Morgan fingerprint density at radius 2 is 1.17 bits per heavy atom. The third kappa shape index (κ3) is 9.49. The van der Waals surface area contributed by atoms with Gasteiger partial charge >= 0.3 is 0 Å². The third-order valence-electron chi connectivity index (χ3n) is 6.22. The first-order valence-electron chi connectivity index (χ1n) is 13.3. The van der Waals surface area contributed by atoms with Crippen LogP contribution in [0.15, 0.2) is 81.4 Å². The van der Waals surface area contributed by atoms with Crippen molar-refractivity contribution in [2.75, 3.05) is 41.8 Å². The molecule has 1 heterocycles. The van der Waals surface area contributed by atoms with E-state index in [0.29, 0.717) is 0 Å². The summed E-state index contributed by atoms with van der Waals surface area (Å²) in [4.78, 5) is 12.8. The number of anilines is 5. The van der Waals surface area contributed by atoms with Crippen molar-refractivity contribution in [3.63, 3.8) is 0 Å². The highest BCUT2D eigenvalue weighted by molar-refractivity contribution is 7.86. The quantitative estimate of drug-likeness (QED) is 0.0729. The molecule has 0 aliphatic rings. The lowest BCUT2D eigenvalue weighted by atomic mass is 10.1. The van der Waals surface area contributed by atoms with Crippen LogP contribution in [0.2, 0.25) is 0 Å². The fourth-order valence-electron chi connectivity index (χ4n) is 4.17. The van der Waals surface area contributed by atoms with Crippen molar-refractivity contribution in [3.8, 4) is 0 Å². The van der Waals surface area contributed by atoms with Gasteiger partial charge in [0.05, 0.1) is 18.1 Å². The molecule has 47 heavy (non-hydrogen) atoms. The zero-order valence-electron chi connectivity index (χ0n) is 24.0. The molecule has 3 aromatic carbocycles. The number of hydrogen-bond donors (Lipinski definition) is 7. The Labute approximate surface area is 269 Å². The maximum atomic E-state index is 12.3. The summed E-state index contributed by atoms with van der Waals surface area (Å²) >= 11 is 0. The molecule has 0 bridgehead atoms. The second-order valence-electron chi connectivity index (χ2n) is 9.54. The van der Waals surface area contributed by atoms with Crippen LogP contribution in [0, 0.1) is 0 Å². The molecule has 4 rings (SSSR count). The summed E-state index contributed by atoms with van der Waals surface area (Å²) in [5.41, 5.74) is 0.214. The van der Waals surface area contributed by atoms with Crippen LogP contribution in [-0.4, -0.2) is 90.4 Å². The van der Waals surface area contributed by atoms with Gasteiger partial charge in [-0.25, -0.2) is 0 Å². The van der Waals surface area contributed by atoms with Crippen LogP contribution in [0.5, 0.6) is 0 Å². The summed E-state index contributed by atoms with van der Waals surface area (Å²) in [6, 6.07) is 14.3. The van der Waals surface area contributed by atoms with E-state index in [1.54, 1.807) is 0 Å². The lowest BCUT2D eigenvalue weighted by Crippen LogP contribution is -2.31. The van der Waals surface area contributed by atoms with Crippen molar-refractivity contribution in [3.05, 3.63) is 77.9 Å². The number of aliphatic hydroxyl groups excluding tert-OH is 2. The Balaban J connectivity index is 1.74. The van der Waals surface area contributed by atoms with Crippen LogP contribution in [0.1, 0.15) is 11.1 Å². The zero-order valence-corrected chi connectivity index (χ0v) is 26.5. The van der Waals surface area contributed by atoms with E-state index in [4.69, 9.17) is 0 Å². The van der Waals surface area contributed by atoms with Crippen LogP contribution in [-0.2, 0) is 30.4 Å². The molecule has 20 heteroatoms. The van der Waals surface area contributed by atoms with Gasteiger partial charge in [0, 0.05) is 24.5 Å². The van der Waals surface area contributed by atoms with Gasteiger partial charge in [-0.1, -0.05) is 42.5 Å². The second kappa shape index (κ2) is 14.5. The first kappa shape index (κ1) is 35.3. The fourth-order valence-corrected chi connectivity index (χ4v) is 6.09. The summed E-state index contributed by atoms with van der Waals surface area (Å²) in [5, 5.41) is 24.6. The number of rotatable bonds is 14. The van der Waals surface area contributed by atoms with E-state index in [0.717, 1.165) is 24.3 Å². The Bertz CT molecular complexity index is 2120. The highest BCUT2D eigenvalue weighted by atomic mass is 32.2. The normalized spacial score (nSPS) is 12.3. The van der Waals surface area contributed by atoms with E-state index in [9.17, 15) is 49.1 Å². The molecule has 0 radical (unpaired) electrons. The van der Waals surface area contributed by atoms with Gasteiger partial charge in [-0.05, 0) is 47.5 Å². The number of nitrogens with zero attached hydrogens (tertiary/aromatic N) is 4. The molecule has 7 N–H and O–H groups in total. The predicted octanol–water partition coefficient (Wildman–Crippen LogP) is 2.06. The molecule has 0 saturated carbocycles. The largest absolute Gasteiger partial charge is 0.395 e. The van der Waals surface area contributed by atoms with E-state index < -0.39 is 45.0 Å². The molecule has 4 aromatic rings. The molecule has 0 unspecified atom stereocenters. The summed E-state index contributed by atoms with van der Waals surface area (Å²) in [7, 11) is -14.0. The third-order valence-corrected chi connectivity index (χ3v) is 8.91. The minimum Gasteiger partial charge on any atom is -0.395 e. The number of benzene rings is 3. The van der Waals surface area contributed by atoms with Crippen LogP contribution in [0.25, 0.3) is 12.2 Å². The van der Waals surface area contributed by atoms with Crippen molar-refractivity contribution < 1.29 is 49.1 Å². The number of aromatic nitrogens is 3. The van der Waals surface area contributed by atoms with Gasteiger partial charge in [0.25, 0.3) is 30.4 Å². The summed E-state index contributed by atoms with van der Waals surface area (Å²) in [6.45, 7) is -0.684. The lowest BCUT2D eigenvalue weighted by Gasteiger charge is -2.21. The van der Waals surface area contributed by atoms with Gasteiger partial charge in [0.2, 0.25) is 17.8 Å². The van der Waals surface area contributed by atoms with Crippen LogP contribution < -0.4 is 15.5 Å². The molecule has 0 fully saturated rings. The average Bonchev–Trinajstić information content (AvgIpc) is 2.99. The molecule has 250 valence electrons. The Kier molecular flexibility index (Phi) is 10.9. The summed E-state index contributed by atoms with van der Waals surface area (Å²) in [6.07, 6.45) is 2.46. The minimum atomic E-state index is -4.85. The zero-order chi connectivity index (χ0) is 34.4. The van der Waals surface area contributed by atoms with E-state index in [-0.39, 0.29) is 66.6 Å². The summed E-state index contributed by atoms with van der Waals surface area (Å²) in [5.74, 6) is -0.389. The van der Waals surface area contributed by atoms with E-state index in [1.165, 1.54) is 59.5 Å². The first-order valence-corrected chi connectivity index (χ1v) is 17.6. The van der Waals surface area contributed by atoms with E-state index in [2.05, 4.69) is 25.6 Å². The number of nitrogens with one attached hydrogen (secondary N) is 2. The van der Waals surface area contributed by atoms with E-state index in [1.807, 2.05) is 0 Å². The monoisotopic (exact) mass is 708 g/mol. The Morgan fingerprint density at radius 3 is 1.72 bits per heavy atom. The van der Waals surface area contributed by atoms with E-state index >= 15 is 0 Å². The molecule has 1 aromatic heterocycles. The molecular formula is C27H28N6O11S3. The lowest BCUT2D eigenvalue weighted by molar-refractivity contribution is 0.280.